The number of carbonyl (C=O) groups is 1. The average Bonchev–Trinajstić information content (AvgIpc) is 2.94. The second kappa shape index (κ2) is 6.57. The number of carbonyl (C=O) groups excluding carboxylic acids is 1. The van der Waals surface area contributed by atoms with Gasteiger partial charge in [-0.3, -0.25) is 4.79 Å². The fraction of sp³-hybridized carbons (Fsp3) is 0.412. The van der Waals surface area contributed by atoms with Gasteiger partial charge in [0.25, 0.3) is 5.91 Å². The van der Waals surface area contributed by atoms with Gasteiger partial charge in [-0.2, -0.15) is 0 Å². The van der Waals surface area contributed by atoms with Crippen molar-refractivity contribution in [1.29, 1.82) is 0 Å². The Morgan fingerprint density at radius 1 is 1.41 bits per heavy atom. The smallest absolute Gasteiger partial charge is 0.273 e. The molecule has 3 nitrogen and oxygen atoms in total. The number of aryl methyl sites for hydroxylation is 1. The zero-order chi connectivity index (χ0) is 15.5. The highest BCUT2D eigenvalue weighted by Gasteiger charge is 2.25. The minimum absolute atomic E-state index is 0.0357. The Labute approximate surface area is 133 Å². The topological polar surface area (TPSA) is 33.2 Å². The summed E-state index contributed by atoms with van der Waals surface area (Å²) in [6.07, 6.45) is 2.81. The summed E-state index contributed by atoms with van der Waals surface area (Å²) in [5, 5.41) is 2.75. The van der Waals surface area contributed by atoms with Crippen LogP contribution in [0.15, 0.2) is 29.6 Å². The van der Waals surface area contributed by atoms with Gasteiger partial charge in [-0.05, 0) is 49.8 Å². The highest BCUT2D eigenvalue weighted by atomic mass is 32.1. The zero-order valence-electron chi connectivity index (χ0n) is 12.6. The molecule has 0 spiro atoms. The van der Waals surface area contributed by atoms with Crippen molar-refractivity contribution >= 4 is 17.2 Å². The van der Waals surface area contributed by atoms with E-state index in [4.69, 9.17) is 0 Å². The van der Waals surface area contributed by atoms with Crippen LogP contribution in [-0.2, 0) is 6.42 Å². The zero-order valence-corrected chi connectivity index (χ0v) is 13.4. The summed E-state index contributed by atoms with van der Waals surface area (Å²) in [6, 6.07) is 6.81. The predicted molar refractivity (Wildman–Crippen MR) is 85.6 cm³/mol. The molecule has 0 aliphatic carbocycles. The van der Waals surface area contributed by atoms with Crippen LogP contribution in [0.2, 0.25) is 0 Å². The van der Waals surface area contributed by atoms with Gasteiger partial charge in [0.05, 0.1) is 5.01 Å². The maximum atomic E-state index is 13.2. The molecule has 3 rings (SSSR count). The van der Waals surface area contributed by atoms with Crippen LogP contribution >= 0.6 is 11.3 Å². The lowest BCUT2D eigenvalue weighted by Gasteiger charge is -2.31. The van der Waals surface area contributed by atoms with Gasteiger partial charge in [0.1, 0.15) is 11.5 Å². The average molecular weight is 318 g/mol. The molecule has 0 atom stereocenters. The van der Waals surface area contributed by atoms with Crippen LogP contribution in [0.3, 0.4) is 0 Å². The van der Waals surface area contributed by atoms with Crippen LogP contribution in [0.5, 0.6) is 0 Å². The lowest BCUT2D eigenvalue weighted by atomic mass is 9.90. The maximum absolute atomic E-state index is 13.2. The van der Waals surface area contributed by atoms with Crippen LogP contribution < -0.4 is 0 Å². The molecule has 2 heterocycles. The monoisotopic (exact) mass is 318 g/mol. The fourth-order valence-electron chi connectivity index (χ4n) is 2.96. The van der Waals surface area contributed by atoms with Gasteiger partial charge in [-0.15, -0.1) is 11.3 Å². The number of nitrogens with zero attached hydrogens (tertiary/aromatic N) is 2. The van der Waals surface area contributed by atoms with Gasteiger partial charge in [-0.25, -0.2) is 9.37 Å². The summed E-state index contributed by atoms with van der Waals surface area (Å²) in [5.74, 6) is 0.376. The number of likely N-dealkylation sites (tertiary alicyclic amines) is 1. The molecule has 1 fully saturated rings. The first-order valence-corrected chi connectivity index (χ1v) is 8.45. The Bertz CT molecular complexity index is 662. The molecule has 22 heavy (non-hydrogen) atoms. The predicted octanol–water partition coefficient (Wildman–Crippen LogP) is 3.69. The summed E-state index contributed by atoms with van der Waals surface area (Å²) in [6.45, 7) is 3.43. The van der Waals surface area contributed by atoms with Crippen molar-refractivity contribution in [3.8, 4) is 0 Å². The van der Waals surface area contributed by atoms with Crippen molar-refractivity contribution in [2.75, 3.05) is 13.1 Å². The Hall–Kier alpha value is -1.75. The normalized spacial score (nSPS) is 16.0. The third-order valence-electron chi connectivity index (χ3n) is 4.15. The largest absolute Gasteiger partial charge is 0.337 e. The van der Waals surface area contributed by atoms with Crippen LogP contribution in [0.1, 0.15) is 33.9 Å². The summed E-state index contributed by atoms with van der Waals surface area (Å²) in [5.41, 5.74) is 1.60. The minimum atomic E-state index is -0.177. The van der Waals surface area contributed by atoms with E-state index in [-0.39, 0.29) is 11.7 Å². The molecular formula is C17H19FN2OS. The van der Waals surface area contributed by atoms with E-state index in [1.807, 2.05) is 23.3 Å². The van der Waals surface area contributed by atoms with E-state index in [9.17, 15) is 9.18 Å². The Kier molecular flexibility index (Phi) is 4.52. The Balaban J connectivity index is 1.55. The Morgan fingerprint density at radius 3 is 2.82 bits per heavy atom. The molecule has 1 amide bonds. The fourth-order valence-corrected chi connectivity index (χ4v) is 3.55. The molecule has 1 aromatic carbocycles. The van der Waals surface area contributed by atoms with Gasteiger partial charge in [0.2, 0.25) is 0 Å². The van der Waals surface area contributed by atoms with E-state index >= 15 is 0 Å². The van der Waals surface area contributed by atoms with E-state index in [0.717, 1.165) is 42.9 Å². The highest BCUT2D eigenvalue weighted by molar-refractivity contribution is 7.09. The van der Waals surface area contributed by atoms with Crippen molar-refractivity contribution in [3.05, 3.63) is 51.7 Å². The molecule has 0 radical (unpaired) electrons. The van der Waals surface area contributed by atoms with Crippen LogP contribution in [-0.4, -0.2) is 28.9 Å². The quantitative estimate of drug-likeness (QED) is 0.865. The Morgan fingerprint density at radius 2 is 2.18 bits per heavy atom. The summed E-state index contributed by atoms with van der Waals surface area (Å²) < 4.78 is 13.2. The van der Waals surface area contributed by atoms with Crippen LogP contribution in [0.25, 0.3) is 0 Å². The molecule has 1 aromatic heterocycles. The number of aromatic nitrogens is 1. The third kappa shape index (κ3) is 3.53. The minimum Gasteiger partial charge on any atom is -0.337 e. The van der Waals surface area contributed by atoms with Crippen molar-refractivity contribution in [2.45, 2.75) is 26.2 Å². The van der Waals surface area contributed by atoms with Gasteiger partial charge in [0, 0.05) is 18.5 Å². The summed E-state index contributed by atoms with van der Waals surface area (Å²) >= 11 is 1.51. The van der Waals surface area contributed by atoms with E-state index in [1.54, 1.807) is 12.1 Å². The number of piperidine rings is 1. The van der Waals surface area contributed by atoms with Crippen molar-refractivity contribution in [1.82, 2.24) is 9.88 Å². The molecule has 0 unspecified atom stereocenters. The van der Waals surface area contributed by atoms with Gasteiger partial charge in [0.15, 0.2) is 0 Å². The van der Waals surface area contributed by atoms with Crippen molar-refractivity contribution < 1.29 is 9.18 Å². The first-order valence-electron chi connectivity index (χ1n) is 7.57. The number of hydrogen-bond donors (Lipinski definition) is 0. The molecular weight excluding hydrogens is 299 g/mol. The van der Waals surface area contributed by atoms with Gasteiger partial charge in [-0.1, -0.05) is 12.1 Å². The first kappa shape index (κ1) is 15.2. The van der Waals surface area contributed by atoms with E-state index in [1.165, 1.54) is 17.4 Å². The molecule has 0 N–H and O–H groups in total. The molecule has 116 valence electrons. The number of rotatable bonds is 3. The molecule has 1 saturated heterocycles. The lowest BCUT2D eigenvalue weighted by molar-refractivity contribution is 0.0685. The standard InChI is InChI=1S/C17H19FN2OS/c1-12-19-16(11-22-12)17(21)20-7-5-13(6-8-20)9-14-3-2-4-15(18)10-14/h2-4,10-11,13H,5-9H2,1H3. The second-order valence-electron chi connectivity index (χ2n) is 5.82. The van der Waals surface area contributed by atoms with Crippen LogP contribution in [0, 0.1) is 18.7 Å². The number of halogens is 1. The third-order valence-corrected chi connectivity index (χ3v) is 4.93. The summed E-state index contributed by atoms with van der Waals surface area (Å²) in [4.78, 5) is 18.5. The molecule has 1 aliphatic heterocycles. The van der Waals surface area contributed by atoms with E-state index in [0.29, 0.717) is 11.6 Å². The SMILES string of the molecule is Cc1nc(C(=O)N2CCC(Cc3cccc(F)c3)CC2)cs1. The van der Waals surface area contributed by atoms with Crippen molar-refractivity contribution in [3.63, 3.8) is 0 Å². The van der Waals surface area contributed by atoms with E-state index in [2.05, 4.69) is 4.98 Å². The second-order valence-corrected chi connectivity index (χ2v) is 6.88. The molecule has 0 bridgehead atoms. The van der Waals surface area contributed by atoms with Gasteiger partial charge >= 0.3 is 0 Å². The molecule has 1 aliphatic rings. The maximum Gasteiger partial charge on any atom is 0.273 e. The molecule has 5 heteroatoms. The first-order chi connectivity index (χ1) is 10.6. The molecule has 2 aromatic rings. The lowest BCUT2D eigenvalue weighted by Crippen LogP contribution is -2.39. The van der Waals surface area contributed by atoms with Crippen LogP contribution in [0.4, 0.5) is 4.39 Å². The van der Waals surface area contributed by atoms with E-state index < -0.39 is 0 Å². The van der Waals surface area contributed by atoms with Crippen molar-refractivity contribution in [2.24, 2.45) is 5.92 Å². The van der Waals surface area contributed by atoms with Gasteiger partial charge < -0.3 is 4.90 Å². The number of benzene rings is 1. The summed E-state index contributed by atoms with van der Waals surface area (Å²) in [7, 11) is 0. The number of amides is 1. The number of hydrogen-bond acceptors (Lipinski definition) is 3. The highest BCUT2D eigenvalue weighted by Crippen LogP contribution is 2.23. The number of thiazole rings is 1. The molecule has 0 saturated carbocycles.